The second kappa shape index (κ2) is 7.49. The Bertz CT molecular complexity index is 883. The first-order valence-electron chi connectivity index (χ1n) is 7.35. The third-order valence-electron chi connectivity index (χ3n) is 3.68. The SMILES string of the molecule is CNc1ccc(S(=O)(=O)N(C)Cc2cccc(OC)c2)cc1[N+](=O)[O-]. The third-order valence-corrected chi connectivity index (χ3v) is 5.48. The summed E-state index contributed by atoms with van der Waals surface area (Å²) < 4.78 is 31.7. The van der Waals surface area contributed by atoms with Crippen molar-refractivity contribution in [3.8, 4) is 5.75 Å². The Morgan fingerprint density at radius 3 is 2.56 bits per heavy atom. The molecule has 0 unspecified atom stereocenters. The average molecular weight is 365 g/mol. The number of hydrogen-bond acceptors (Lipinski definition) is 6. The first kappa shape index (κ1) is 18.7. The Hall–Kier alpha value is -2.65. The molecule has 0 aliphatic rings. The Morgan fingerprint density at radius 2 is 1.96 bits per heavy atom. The second-order valence-corrected chi connectivity index (χ2v) is 7.34. The maximum absolute atomic E-state index is 12.7. The molecule has 9 heteroatoms. The predicted octanol–water partition coefficient (Wildman–Crippen LogP) is 2.47. The van der Waals surface area contributed by atoms with Crippen LogP contribution in [-0.4, -0.2) is 38.9 Å². The van der Waals surface area contributed by atoms with E-state index in [-0.39, 0.29) is 22.8 Å². The molecule has 0 bridgehead atoms. The minimum absolute atomic E-state index is 0.112. The highest BCUT2D eigenvalue weighted by Gasteiger charge is 2.25. The molecule has 0 atom stereocenters. The topological polar surface area (TPSA) is 102 Å². The molecule has 0 heterocycles. The van der Waals surface area contributed by atoms with Gasteiger partial charge in [0, 0.05) is 26.7 Å². The molecule has 0 aliphatic carbocycles. The van der Waals surface area contributed by atoms with E-state index in [9.17, 15) is 18.5 Å². The predicted molar refractivity (Wildman–Crippen MR) is 94.3 cm³/mol. The lowest BCUT2D eigenvalue weighted by atomic mass is 10.2. The number of anilines is 1. The van der Waals surface area contributed by atoms with Crippen LogP contribution in [0.1, 0.15) is 5.56 Å². The van der Waals surface area contributed by atoms with E-state index < -0.39 is 14.9 Å². The van der Waals surface area contributed by atoms with Gasteiger partial charge in [0.15, 0.2) is 0 Å². The van der Waals surface area contributed by atoms with Gasteiger partial charge in [0.2, 0.25) is 10.0 Å². The molecule has 2 rings (SSSR count). The van der Waals surface area contributed by atoms with E-state index in [1.165, 1.54) is 33.3 Å². The summed E-state index contributed by atoms with van der Waals surface area (Å²) in [5.41, 5.74) is 0.699. The summed E-state index contributed by atoms with van der Waals surface area (Å²) in [6, 6.07) is 10.8. The molecule has 134 valence electrons. The van der Waals surface area contributed by atoms with E-state index in [0.717, 1.165) is 15.9 Å². The van der Waals surface area contributed by atoms with Gasteiger partial charge in [-0.2, -0.15) is 4.31 Å². The summed E-state index contributed by atoms with van der Waals surface area (Å²) in [6.07, 6.45) is 0. The monoisotopic (exact) mass is 365 g/mol. The van der Waals surface area contributed by atoms with Crippen LogP contribution >= 0.6 is 0 Å². The second-order valence-electron chi connectivity index (χ2n) is 5.30. The first-order valence-corrected chi connectivity index (χ1v) is 8.79. The normalized spacial score (nSPS) is 11.4. The number of sulfonamides is 1. The summed E-state index contributed by atoms with van der Waals surface area (Å²) in [4.78, 5) is 10.4. The average Bonchev–Trinajstić information content (AvgIpc) is 2.61. The number of nitro groups is 1. The zero-order valence-electron chi connectivity index (χ0n) is 14.1. The lowest BCUT2D eigenvalue weighted by molar-refractivity contribution is -0.384. The number of rotatable bonds is 7. The molecular formula is C16H19N3O5S. The van der Waals surface area contributed by atoms with Crippen molar-refractivity contribution in [3.05, 3.63) is 58.1 Å². The molecule has 0 amide bonds. The van der Waals surface area contributed by atoms with Crippen molar-refractivity contribution in [1.82, 2.24) is 4.31 Å². The van der Waals surface area contributed by atoms with Crippen LogP contribution in [-0.2, 0) is 16.6 Å². The van der Waals surface area contributed by atoms with Crippen LogP contribution in [0.25, 0.3) is 0 Å². The molecule has 0 radical (unpaired) electrons. The van der Waals surface area contributed by atoms with E-state index >= 15 is 0 Å². The summed E-state index contributed by atoms with van der Waals surface area (Å²) in [7, 11) is 0.609. The molecule has 0 saturated heterocycles. The molecule has 2 aromatic carbocycles. The Balaban J connectivity index is 2.33. The highest BCUT2D eigenvalue weighted by atomic mass is 32.2. The summed E-state index contributed by atoms with van der Waals surface area (Å²) in [5.74, 6) is 0.623. The van der Waals surface area contributed by atoms with Crippen molar-refractivity contribution in [1.29, 1.82) is 0 Å². The molecule has 1 N–H and O–H groups in total. The van der Waals surface area contributed by atoms with Crippen LogP contribution in [0, 0.1) is 10.1 Å². The minimum atomic E-state index is -3.88. The number of nitrogens with one attached hydrogen (secondary N) is 1. The zero-order chi connectivity index (χ0) is 18.6. The molecular weight excluding hydrogens is 346 g/mol. The molecule has 0 fully saturated rings. The van der Waals surface area contributed by atoms with Crippen LogP contribution in [0.15, 0.2) is 47.4 Å². The van der Waals surface area contributed by atoms with Gasteiger partial charge in [0.25, 0.3) is 5.69 Å². The van der Waals surface area contributed by atoms with Gasteiger partial charge >= 0.3 is 0 Å². The van der Waals surface area contributed by atoms with Crippen LogP contribution < -0.4 is 10.1 Å². The third kappa shape index (κ3) is 4.06. The van der Waals surface area contributed by atoms with E-state index in [4.69, 9.17) is 4.74 Å². The fourth-order valence-corrected chi connectivity index (χ4v) is 3.51. The molecule has 0 aliphatic heterocycles. The first-order chi connectivity index (χ1) is 11.8. The molecule has 0 aromatic heterocycles. The van der Waals surface area contributed by atoms with Gasteiger partial charge in [-0.15, -0.1) is 0 Å². The number of benzene rings is 2. The molecule has 0 saturated carbocycles. The van der Waals surface area contributed by atoms with Gasteiger partial charge in [-0.3, -0.25) is 10.1 Å². The molecule has 8 nitrogen and oxygen atoms in total. The highest BCUT2D eigenvalue weighted by molar-refractivity contribution is 7.89. The number of methoxy groups -OCH3 is 1. The number of nitrogens with zero attached hydrogens (tertiary/aromatic N) is 2. The van der Waals surface area contributed by atoms with E-state index in [1.54, 1.807) is 24.3 Å². The van der Waals surface area contributed by atoms with Crippen molar-refractivity contribution in [2.45, 2.75) is 11.4 Å². The maximum Gasteiger partial charge on any atom is 0.293 e. The molecule has 2 aromatic rings. The lowest BCUT2D eigenvalue weighted by Crippen LogP contribution is -2.26. The van der Waals surface area contributed by atoms with Gasteiger partial charge < -0.3 is 10.1 Å². The van der Waals surface area contributed by atoms with Crippen molar-refractivity contribution >= 4 is 21.4 Å². The quantitative estimate of drug-likeness (QED) is 0.597. The lowest BCUT2D eigenvalue weighted by Gasteiger charge is -2.18. The Kier molecular flexibility index (Phi) is 5.60. The van der Waals surface area contributed by atoms with Crippen LogP contribution in [0.5, 0.6) is 5.75 Å². The van der Waals surface area contributed by atoms with Gasteiger partial charge in [-0.25, -0.2) is 8.42 Å². The van der Waals surface area contributed by atoms with Gasteiger partial charge in [0.1, 0.15) is 11.4 Å². The van der Waals surface area contributed by atoms with Crippen molar-refractivity contribution in [2.24, 2.45) is 0 Å². The number of nitro benzene ring substituents is 1. The standard InChI is InChI=1S/C16H19N3O5S/c1-17-15-8-7-14(10-16(15)19(20)21)25(22,23)18(2)11-12-5-4-6-13(9-12)24-3/h4-10,17H,11H2,1-3H3. The van der Waals surface area contributed by atoms with Gasteiger partial charge in [-0.1, -0.05) is 12.1 Å². The zero-order valence-corrected chi connectivity index (χ0v) is 14.9. The fourth-order valence-electron chi connectivity index (χ4n) is 2.33. The number of ether oxygens (including phenoxy) is 1. The van der Waals surface area contributed by atoms with E-state index in [0.29, 0.717) is 5.75 Å². The smallest absolute Gasteiger partial charge is 0.293 e. The summed E-state index contributed by atoms with van der Waals surface area (Å²) in [5, 5.41) is 13.8. The Morgan fingerprint density at radius 1 is 1.24 bits per heavy atom. The minimum Gasteiger partial charge on any atom is -0.497 e. The van der Waals surface area contributed by atoms with Crippen LogP contribution in [0.4, 0.5) is 11.4 Å². The van der Waals surface area contributed by atoms with Crippen LogP contribution in [0.3, 0.4) is 0 Å². The maximum atomic E-state index is 12.7. The summed E-state index contributed by atoms with van der Waals surface area (Å²) >= 11 is 0. The van der Waals surface area contributed by atoms with Crippen molar-refractivity contribution < 1.29 is 18.1 Å². The Labute approximate surface area is 146 Å². The van der Waals surface area contributed by atoms with Gasteiger partial charge in [-0.05, 0) is 29.8 Å². The largest absolute Gasteiger partial charge is 0.497 e. The van der Waals surface area contributed by atoms with E-state index in [1.807, 2.05) is 0 Å². The van der Waals surface area contributed by atoms with Crippen molar-refractivity contribution in [3.63, 3.8) is 0 Å². The van der Waals surface area contributed by atoms with Crippen LogP contribution in [0.2, 0.25) is 0 Å². The molecule has 25 heavy (non-hydrogen) atoms. The molecule has 0 spiro atoms. The number of hydrogen-bond donors (Lipinski definition) is 1. The van der Waals surface area contributed by atoms with Crippen molar-refractivity contribution in [2.75, 3.05) is 26.5 Å². The van der Waals surface area contributed by atoms with Gasteiger partial charge in [0.05, 0.1) is 16.9 Å². The summed E-state index contributed by atoms with van der Waals surface area (Å²) in [6.45, 7) is 0.112. The highest BCUT2D eigenvalue weighted by Crippen LogP contribution is 2.28. The van der Waals surface area contributed by atoms with E-state index in [2.05, 4.69) is 5.32 Å². The fraction of sp³-hybridized carbons (Fsp3) is 0.250.